The van der Waals surface area contributed by atoms with E-state index in [1.165, 1.54) is 0 Å². The highest BCUT2D eigenvalue weighted by atomic mass is 35.5. The minimum atomic E-state index is -0.269. The molecule has 0 radical (unpaired) electrons. The fourth-order valence-electron chi connectivity index (χ4n) is 2.24. The fraction of sp³-hybridized carbons (Fsp3) is 0.0526. The monoisotopic (exact) mass is 387 g/mol. The molecule has 0 aliphatic heterocycles. The van der Waals surface area contributed by atoms with Crippen molar-refractivity contribution in [2.45, 2.75) is 0 Å². The first-order valence-electron chi connectivity index (χ1n) is 7.69. The van der Waals surface area contributed by atoms with E-state index in [0.717, 1.165) is 0 Å². The molecule has 7 heteroatoms. The van der Waals surface area contributed by atoms with Crippen LogP contribution in [0, 0.1) is 0 Å². The van der Waals surface area contributed by atoms with Gasteiger partial charge >= 0.3 is 0 Å². The predicted octanol–water partition coefficient (Wildman–Crippen LogP) is 5.39. The van der Waals surface area contributed by atoms with Crippen LogP contribution in [0.4, 0.5) is 17.2 Å². The molecule has 0 saturated carbocycles. The number of rotatable bonds is 5. The van der Waals surface area contributed by atoms with Crippen molar-refractivity contribution in [3.63, 3.8) is 0 Å². The molecule has 1 amide bonds. The highest BCUT2D eigenvalue weighted by Gasteiger charge is 2.08. The molecule has 1 heterocycles. The van der Waals surface area contributed by atoms with Crippen LogP contribution in [0.1, 0.15) is 10.4 Å². The van der Waals surface area contributed by atoms with Gasteiger partial charge in [0.2, 0.25) is 0 Å². The summed E-state index contributed by atoms with van der Waals surface area (Å²) in [5.74, 6) is 0.777. The van der Waals surface area contributed by atoms with Gasteiger partial charge in [0.1, 0.15) is 11.6 Å². The number of amides is 1. The average Bonchev–Trinajstić information content (AvgIpc) is 2.66. The average molecular weight is 388 g/mol. The molecule has 1 aromatic heterocycles. The summed E-state index contributed by atoms with van der Waals surface area (Å²) in [6.45, 7) is 0. The number of carbonyl (C=O) groups is 1. The third-order valence-electron chi connectivity index (χ3n) is 3.54. The zero-order valence-electron chi connectivity index (χ0n) is 13.8. The number of methoxy groups -OCH3 is 1. The van der Waals surface area contributed by atoms with Crippen molar-refractivity contribution in [1.29, 1.82) is 0 Å². The van der Waals surface area contributed by atoms with Gasteiger partial charge in [-0.25, -0.2) is 4.98 Å². The Balaban J connectivity index is 1.69. The lowest BCUT2D eigenvalue weighted by Crippen LogP contribution is -2.12. The van der Waals surface area contributed by atoms with Crippen molar-refractivity contribution in [1.82, 2.24) is 4.98 Å². The Morgan fingerprint density at radius 3 is 2.65 bits per heavy atom. The number of benzene rings is 2. The van der Waals surface area contributed by atoms with E-state index in [4.69, 9.17) is 27.9 Å². The molecule has 0 saturated heterocycles. The molecule has 0 atom stereocenters. The first-order valence-corrected chi connectivity index (χ1v) is 8.44. The summed E-state index contributed by atoms with van der Waals surface area (Å²) in [7, 11) is 1.55. The molecule has 0 unspecified atom stereocenters. The SMILES string of the molecule is COc1cccc(C(=O)Nc2ccc(Nc3cc(Cl)ccc3Cl)cn2)c1. The number of hydrogen-bond donors (Lipinski definition) is 2. The van der Waals surface area contributed by atoms with Crippen LogP contribution in [0.3, 0.4) is 0 Å². The summed E-state index contributed by atoms with van der Waals surface area (Å²) >= 11 is 12.1. The van der Waals surface area contributed by atoms with E-state index in [9.17, 15) is 4.79 Å². The van der Waals surface area contributed by atoms with Crippen LogP contribution in [-0.2, 0) is 0 Å². The summed E-state index contributed by atoms with van der Waals surface area (Å²) < 4.78 is 5.12. The maximum absolute atomic E-state index is 12.3. The van der Waals surface area contributed by atoms with E-state index in [2.05, 4.69) is 15.6 Å². The fourth-order valence-corrected chi connectivity index (χ4v) is 2.58. The maximum atomic E-state index is 12.3. The van der Waals surface area contributed by atoms with E-state index in [0.29, 0.717) is 38.6 Å². The molecular formula is C19H15Cl2N3O2. The smallest absolute Gasteiger partial charge is 0.256 e. The standard InChI is InChI=1S/C19H15Cl2N3O2/c1-26-15-4-2-3-12(9-15)19(25)24-18-8-6-14(11-22-18)23-17-10-13(20)5-7-16(17)21/h2-11,23H,1H3,(H,22,24,25). The highest BCUT2D eigenvalue weighted by molar-refractivity contribution is 6.35. The van der Waals surface area contributed by atoms with Gasteiger partial charge in [-0.15, -0.1) is 0 Å². The molecule has 0 aliphatic carbocycles. The van der Waals surface area contributed by atoms with Gasteiger partial charge in [0, 0.05) is 10.6 Å². The van der Waals surface area contributed by atoms with Gasteiger partial charge in [0.05, 0.1) is 29.7 Å². The zero-order chi connectivity index (χ0) is 18.5. The largest absolute Gasteiger partial charge is 0.497 e. The normalized spacial score (nSPS) is 10.3. The van der Waals surface area contributed by atoms with Crippen molar-refractivity contribution >= 4 is 46.3 Å². The molecule has 132 valence electrons. The van der Waals surface area contributed by atoms with E-state index in [-0.39, 0.29) is 5.91 Å². The van der Waals surface area contributed by atoms with E-state index < -0.39 is 0 Å². The lowest BCUT2D eigenvalue weighted by Gasteiger charge is -2.10. The Morgan fingerprint density at radius 1 is 1.08 bits per heavy atom. The Morgan fingerprint density at radius 2 is 1.92 bits per heavy atom. The van der Waals surface area contributed by atoms with E-state index >= 15 is 0 Å². The number of hydrogen-bond acceptors (Lipinski definition) is 4. The summed E-state index contributed by atoms with van der Waals surface area (Å²) in [4.78, 5) is 16.5. The quantitative estimate of drug-likeness (QED) is 0.615. The molecule has 3 rings (SSSR count). The molecule has 0 bridgehead atoms. The molecule has 0 spiro atoms. The number of halogens is 2. The van der Waals surface area contributed by atoms with Gasteiger partial charge in [0.25, 0.3) is 5.91 Å². The summed E-state index contributed by atoms with van der Waals surface area (Å²) in [6, 6.07) is 15.5. The van der Waals surface area contributed by atoms with Crippen LogP contribution in [0.5, 0.6) is 5.75 Å². The number of carbonyl (C=O) groups excluding carboxylic acids is 1. The van der Waals surface area contributed by atoms with Crippen molar-refractivity contribution < 1.29 is 9.53 Å². The number of pyridine rings is 1. The second kappa shape index (κ2) is 8.08. The molecular weight excluding hydrogens is 373 g/mol. The summed E-state index contributed by atoms with van der Waals surface area (Å²) in [6.07, 6.45) is 1.60. The lowest BCUT2D eigenvalue weighted by molar-refractivity contribution is 0.102. The second-order valence-corrected chi connectivity index (χ2v) is 6.21. The van der Waals surface area contributed by atoms with Crippen molar-refractivity contribution in [3.8, 4) is 5.75 Å². The molecule has 5 nitrogen and oxygen atoms in total. The first-order chi connectivity index (χ1) is 12.5. The highest BCUT2D eigenvalue weighted by Crippen LogP contribution is 2.28. The van der Waals surface area contributed by atoms with E-state index in [1.54, 1.807) is 67.9 Å². The maximum Gasteiger partial charge on any atom is 0.256 e. The number of aromatic nitrogens is 1. The number of nitrogens with one attached hydrogen (secondary N) is 2. The molecule has 2 N–H and O–H groups in total. The van der Waals surface area contributed by atoms with Gasteiger partial charge < -0.3 is 15.4 Å². The van der Waals surface area contributed by atoms with Gasteiger partial charge in [-0.3, -0.25) is 4.79 Å². The predicted molar refractivity (Wildman–Crippen MR) is 105 cm³/mol. The Hall–Kier alpha value is -2.76. The lowest BCUT2D eigenvalue weighted by atomic mass is 10.2. The third-order valence-corrected chi connectivity index (χ3v) is 4.11. The van der Waals surface area contributed by atoms with Crippen LogP contribution < -0.4 is 15.4 Å². The molecule has 2 aromatic carbocycles. The van der Waals surface area contributed by atoms with Crippen LogP contribution in [0.15, 0.2) is 60.8 Å². The van der Waals surface area contributed by atoms with Gasteiger partial charge in [-0.1, -0.05) is 29.3 Å². The topological polar surface area (TPSA) is 63.2 Å². The molecule has 26 heavy (non-hydrogen) atoms. The van der Waals surface area contributed by atoms with E-state index in [1.807, 2.05) is 0 Å². The Labute approximate surface area is 160 Å². The van der Waals surface area contributed by atoms with Gasteiger partial charge in [0.15, 0.2) is 0 Å². The number of ether oxygens (including phenoxy) is 1. The summed E-state index contributed by atoms with van der Waals surface area (Å²) in [5.41, 5.74) is 1.88. The minimum Gasteiger partial charge on any atom is -0.497 e. The first kappa shape index (κ1) is 18.0. The number of anilines is 3. The Bertz CT molecular complexity index is 930. The number of nitrogens with zero attached hydrogens (tertiary/aromatic N) is 1. The summed E-state index contributed by atoms with van der Waals surface area (Å²) in [5, 5.41) is 6.99. The minimum absolute atomic E-state index is 0.269. The van der Waals surface area contributed by atoms with Crippen LogP contribution in [-0.4, -0.2) is 18.0 Å². The van der Waals surface area contributed by atoms with Crippen molar-refractivity contribution in [2.75, 3.05) is 17.7 Å². The van der Waals surface area contributed by atoms with Gasteiger partial charge in [-0.05, 0) is 48.5 Å². The van der Waals surface area contributed by atoms with Crippen molar-refractivity contribution in [3.05, 3.63) is 76.4 Å². The van der Waals surface area contributed by atoms with Gasteiger partial charge in [-0.2, -0.15) is 0 Å². The molecule has 0 fully saturated rings. The Kier molecular flexibility index (Phi) is 5.61. The van der Waals surface area contributed by atoms with Crippen molar-refractivity contribution in [2.24, 2.45) is 0 Å². The molecule has 3 aromatic rings. The zero-order valence-corrected chi connectivity index (χ0v) is 15.3. The second-order valence-electron chi connectivity index (χ2n) is 5.37. The van der Waals surface area contributed by atoms with Crippen LogP contribution in [0.2, 0.25) is 10.0 Å². The van der Waals surface area contributed by atoms with Crippen LogP contribution in [0.25, 0.3) is 0 Å². The third kappa shape index (κ3) is 4.45. The van der Waals surface area contributed by atoms with Crippen LogP contribution >= 0.6 is 23.2 Å². The molecule has 0 aliphatic rings.